The van der Waals surface area contributed by atoms with E-state index in [-0.39, 0.29) is 24.1 Å². The number of nitrogens with zero attached hydrogens (tertiary/aromatic N) is 1. The molecule has 0 aromatic heterocycles. The third-order valence-corrected chi connectivity index (χ3v) is 5.80. The van der Waals surface area contributed by atoms with Crippen LogP contribution in [0.25, 0.3) is 0 Å². The molecule has 0 saturated carbocycles. The smallest absolute Gasteiger partial charge is 0.327 e. The topological polar surface area (TPSA) is 150 Å². The molecule has 1 unspecified atom stereocenters. The molecule has 4 atom stereocenters. The summed E-state index contributed by atoms with van der Waals surface area (Å²) < 4.78 is -0.639. The van der Waals surface area contributed by atoms with Crippen LogP contribution in [0.1, 0.15) is 33.1 Å². The van der Waals surface area contributed by atoms with Gasteiger partial charge in [0.25, 0.3) is 0 Å². The van der Waals surface area contributed by atoms with Crippen molar-refractivity contribution in [2.45, 2.75) is 61.4 Å². The zero-order chi connectivity index (χ0) is 18.2. The maximum atomic E-state index is 12.2. The highest BCUT2D eigenvalue weighted by molar-refractivity contribution is 8.01. The number of carboxylic acid groups (broad SMARTS) is 2. The van der Waals surface area contributed by atoms with Crippen LogP contribution in [-0.4, -0.2) is 67.1 Å². The second-order valence-corrected chi connectivity index (χ2v) is 8.25. The number of aliphatic carboxylic acids is 2. The Morgan fingerprint density at radius 3 is 2.54 bits per heavy atom. The molecule has 0 aliphatic carbocycles. The lowest BCUT2D eigenvalue weighted by Crippen LogP contribution is -2.70. The van der Waals surface area contributed by atoms with Crippen LogP contribution in [0.15, 0.2) is 0 Å². The van der Waals surface area contributed by atoms with E-state index in [9.17, 15) is 24.3 Å². The monoisotopic (exact) mass is 359 g/mol. The molecule has 0 bridgehead atoms. The van der Waals surface area contributed by atoms with Gasteiger partial charge in [0.1, 0.15) is 23.5 Å². The Morgan fingerprint density at radius 2 is 2.00 bits per heavy atom. The highest BCUT2D eigenvalue weighted by Crippen LogP contribution is 2.50. The fourth-order valence-corrected chi connectivity index (χ4v) is 4.62. The zero-order valence-corrected chi connectivity index (χ0v) is 14.2. The fraction of sp³-hybridized carbons (Fsp3) is 0.714. The predicted octanol–water partition coefficient (Wildman–Crippen LogP) is -0.800. The molecule has 0 aromatic carbocycles. The average molecular weight is 359 g/mol. The van der Waals surface area contributed by atoms with Gasteiger partial charge in [0.2, 0.25) is 11.8 Å². The number of carboxylic acids is 2. The first kappa shape index (κ1) is 18.5. The summed E-state index contributed by atoms with van der Waals surface area (Å²) in [6.07, 6.45) is 0.526. The number of hydrogen-bond acceptors (Lipinski definition) is 6. The van der Waals surface area contributed by atoms with Crippen LogP contribution in [0.2, 0.25) is 0 Å². The lowest BCUT2D eigenvalue weighted by atomic mass is 9.96. The first-order valence-electron chi connectivity index (χ1n) is 7.57. The number of β-lactam (4-membered cyclic amide) rings is 1. The largest absolute Gasteiger partial charge is 0.480 e. The van der Waals surface area contributed by atoms with Crippen molar-refractivity contribution in [1.82, 2.24) is 10.2 Å². The van der Waals surface area contributed by atoms with Gasteiger partial charge in [-0.25, -0.2) is 4.79 Å². The molecule has 9 nitrogen and oxygen atoms in total. The van der Waals surface area contributed by atoms with Gasteiger partial charge in [-0.15, -0.1) is 11.8 Å². The summed E-state index contributed by atoms with van der Waals surface area (Å²) in [6.45, 7) is 3.52. The van der Waals surface area contributed by atoms with Crippen molar-refractivity contribution in [2.24, 2.45) is 5.73 Å². The molecule has 5 N–H and O–H groups in total. The summed E-state index contributed by atoms with van der Waals surface area (Å²) in [6, 6.07) is -2.66. The third-order valence-electron chi connectivity index (χ3n) is 4.23. The van der Waals surface area contributed by atoms with Crippen molar-refractivity contribution in [2.75, 3.05) is 0 Å². The minimum atomic E-state index is -1.12. The second-order valence-electron chi connectivity index (χ2n) is 6.48. The van der Waals surface area contributed by atoms with Crippen LogP contribution < -0.4 is 11.1 Å². The second kappa shape index (κ2) is 6.60. The molecule has 0 spiro atoms. The van der Waals surface area contributed by atoms with E-state index in [4.69, 9.17) is 10.8 Å². The van der Waals surface area contributed by atoms with E-state index in [1.165, 1.54) is 16.7 Å². The third kappa shape index (κ3) is 3.34. The normalized spacial score (nSPS) is 28.7. The molecule has 2 amide bonds. The maximum absolute atomic E-state index is 12.2. The molecular formula is C14H21N3O6S. The van der Waals surface area contributed by atoms with Gasteiger partial charge in [-0.3, -0.25) is 14.4 Å². The first-order valence-corrected chi connectivity index (χ1v) is 8.45. The minimum Gasteiger partial charge on any atom is -0.480 e. The average Bonchev–Trinajstić information content (AvgIpc) is 2.73. The van der Waals surface area contributed by atoms with Crippen molar-refractivity contribution < 1.29 is 29.4 Å². The summed E-state index contributed by atoms with van der Waals surface area (Å²) >= 11 is 1.35. The molecule has 24 heavy (non-hydrogen) atoms. The van der Waals surface area contributed by atoms with Gasteiger partial charge in [0.15, 0.2) is 0 Å². The number of amides is 2. The van der Waals surface area contributed by atoms with Gasteiger partial charge < -0.3 is 26.2 Å². The molecule has 2 saturated heterocycles. The quantitative estimate of drug-likeness (QED) is 0.431. The van der Waals surface area contributed by atoms with Crippen molar-refractivity contribution in [3.8, 4) is 0 Å². The molecule has 2 fully saturated rings. The number of nitrogens with two attached hydrogens (primary N) is 1. The number of fused-ring (bicyclic) bond motifs is 1. The summed E-state index contributed by atoms with van der Waals surface area (Å²) in [5.41, 5.74) is 5.36. The standard InChI is InChI=1S/C14H21N3O6S/c1-14(2)9(13(22)23)17-10(19)8(11(17)24-14)16-7(18)5-3-4-6(15)12(20)21/h6,8-9,11H,3-5,15H2,1-2H3,(H,16,18)(H,20,21)(H,22,23)/t6?,8-,9+,11-/m1/s1. The van der Waals surface area contributed by atoms with Gasteiger partial charge in [-0.1, -0.05) is 0 Å². The van der Waals surface area contributed by atoms with E-state index in [1.807, 2.05) is 0 Å². The summed E-state index contributed by atoms with van der Waals surface area (Å²) in [5, 5.41) is 20.2. The number of hydrogen-bond donors (Lipinski definition) is 4. The van der Waals surface area contributed by atoms with E-state index >= 15 is 0 Å². The van der Waals surface area contributed by atoms with Gasteiger partial charge in [-0.05, 0) is 26.7 Å². The van der Waals surface area contributed by atoms with Gasteiger partial charge in [-0.2, -0.15) is 0 Å². The molecule has 2 heterocycles. The van der Waals surface area contributed by atoms with Crippen LogP contribution in [0.5, 0.6) is 0 Å². The first-order chi connectivity index (χ1) is 11.1. The predicted molar refractivity (Wildman–Crippen MR) is 85.1 cm³/mol. The number of rotatable bonds is 7. The maximum Gasteiger partial charge on any atom is 0.327 e. The van der Waals surface area contributed by atoms with Crippen LogP contribution >= 0.6 is 11.8 Å². The molecule has 2 aliphatic heterocycles. The van der Waals surface area contributed by atoms with Crippen LogP contribution in [-0.2, 0) is 19.2 Å². The van der Waals surface area contributed by atoms with Crippen molar-refractivity contribution in [3.05, 3.63) is 0 Å². The van der Waals surface area contributed by atoms with E-state index in [1.54, 1.807) is 13.8 Å². The number of carbonyl (C=O) groups excluding carboxylic acids is 2. The summed E-state index contributed by atoms with van der Waals surface area (Å²) in [4.78, 5) is 47.4. The summed E-state index contributed by atoms with van der Waals surface area (Å²) in [7, 11) is 0. The van der Waals surface area contributed by atoms with Gasteiger partial charge in [0.05, 0.1) is 0 Å². The molecule has 0 aromatic rings. The van der Waals surface area contributed by atoms with Crippen molar-refractivity contribution in [3.63, 3.8) is 0 Å². The van der Waals surface area contributed by atoms with E-state index in [0.717, 1.165) is 0 Å². The summed E-state index contributed by atoms with van der Waals surface area (Å²) in [5.74, 6) is -2.95. The van der Waals surface area contributed by atoms with Crippen LogP contribution in [0.4, 0.5) is 0 Å². The Kier molecular flexibility index (Phi) is 5.09. The van der Waals surface area contributed by atoms with Gasteiger partial charge >= 0.3 is 11.9 Å². The van der Waals surface area contributed by atoms with Crippen molar-refractivity contribution in [1.29, 1.82) is 0 Å². The van der Waals surface area contributed by atoms with Crippen molar-refractivity contribution >= 4 is 35.5 Å². The van der Waals surface area contributed by atoms with Gasteiger partial charge in [0, 0.05) is 11.2 Å². The Balaban J connectivity index is 1.87. The molecule has 0 radical (unpaired) electrons. The number of thioether (sulfide) groups is 1. The highest BCUT2D eigenvalue weighted by atomic mass is 32.2. The van der Waals surface area contributed by atoms with Crippen LogP contribution in [0, 0.1) is 0 Å². The lowest BCUT2D eigenvalue weighted by Gasteiger charge is -2.43. The molecule has 2 aliphatic rings. The van der Waals surface area contributed by atoms with E-state index < -0.39 is 40.7 Å². The number of nitrogens with one attached hydrogen (secondary N) is 1. The zero-order valence-electron chi connectivity index (χ0n) is 13.4. The molecular weight excluding hydrogens is 338 g/mol. The minimum absolute atomic E-state index is 0.0634. The molecule has 2 rings (SSSR count). The molecule has 134 valence electrons. The van der Waals surface area contributed by atoms with E-state index in [2.05, 4.69) is 5.32 Å². The Hall–Kier alpha value is -1.81. The fourth-order valence-electron chi connectivity index (χ4n) is 3.00. The highest BCUT2D eigenvalue weighted by Gasteiger charge is 2.64. The Bertz CT molecular complexity index is 581. The molecule has 10 heteroatoms. The van der Waals surface area contributed by atoms with E-state index in [0.29, 0.717) is 6.42 Å². The Labute approximate surface area is 142 Å². The lowest BCUT2D eigenvalue weighted by molar-refractivity contribution is -0.161. The van der Waals surface area contributed by atoms with Crippen LogP contribution in [0.3, 0.4) is 0 Å². The SMILES string of the molecule is CC1(C)S[C@@H]2[C@H](NC(=O)CCCC(N)C(=O)O)C(=O)N2[C@H]1C(=O)O. The Morgan fingerprint density at radius 1 is 1.38 bits per heavy atom. The number of carbonyl (C=O) groups is 4.